The van der Waals surface area contributed by atoms with Crippen LogP contribution in [0.3, 0.4) is 0 Å². The highest BCUT2D eigenvalue weighted by Crippen LogP contribution is 2.15. The monoisotopic (exact) mass is 178 g/mol. The lowest BCUT2D eigenvalue weighted by molar-refractivity contribution is 0.799. The molecule has 0 saturated heterocycles. The van der Waals surface area contributed by atoms with Gasteiger partial charge in [-0.15, -0.1) is 0 Å². The van der Waals surface area contributed by atoms with Gasteiger partial charge in [-0.2, -0.15) is 0 Å². The van der Waals surface area contributed by atoms with Crippen LogP contribution in [0.2, 0.25) is 0 Å². The van der Waals surface area contributed by atoms with E-state index in [1.165, 1.54) is 0 Å². The van der Waals surface area contributed by atoms with Crippen LogP contribution in [0.1, 0.15) is 25.6 Å². The summed E-state index contributed by atoms with van der Waals surface area (Å²) in [4.78, 5) is 7.74. The van der Waals surface area contributed by atoms with Crippen LogP contribution in [0.15, 0.2) is 24.3 Å². The van der Waals surface area contributed by atoms with E-state index in [1.807, 2.05) is 24.3 Å². The zero-order chi connectivity index (χ0) is 8.55. The van der Waals surface area contributed by atoms with E-state index in [0.29, 0.717) is 5.92 Å². The van der Waals surface area contributed by atoms with Crippen molar-refractivity contribution in [1.82, 2.24) is 9.97 Å². The third-order valence-corrected chi connectivity index (χ3v) is 1.95. The van der Waals surface area contributed by atoms with Crippen molar-refractivity contribution in [2.45, 2.75) is 19.8 Å². The minimum Gasteiger partial charge on any atom is -0.412 e. The molecule has 3 nitrogen and oxygen atoms in total. The molecule has 13 heavy (non-hydrogen) atoms. The van der Waals surface area contributed by atoms with Crippen molar-refractivity contribution in [2.24, 2.45) is 0 Å². The maximum absolute atomic E-state index is 4.46. The number of aromatic nitrogens is 2. The number of imidazole rings is 1. The number of nitrogens with one attached hydrogen (secondary N) is 1. The molecule has 2 rings (SSSR count). The van der Waals surface area contributed by atoms with Crippen LogP contribution < -0.4 is 0 Å². The number of para-hydroxylation sites is 2. The molecule has 0 bridgehead atoms. The molecular weight excluding hydrogens is 164 g/mol. The minimum absolute atomic E-state index is 0. The van der Waals surface area contributed by atoms with Gasteiger partial charge in [-0.25, -0.2) is 4.98 Å². The summed E-state index contributed by atoms with van der Waals surface area (Å²) < 4.78 is 0. The minimum atomic E-state index is 0. The Labute approximate surface area is 77.1 Å². The van der Waals surface area contributed by atoms with Crippen LogP contribution in [0.4, 0.5) is 0 Å². The average molecular weight is 178 g/mol. The van der Waals surface area contributed by atoms with Gasteiger partial charge >= 0.3 is 0 Å². The summed E-state index contributed by atoms with van der Waals surface area (Å²) in [5.74, 6) is 1.54. The molecule has 0 aliphatic rings. The topological polar surface area (TPSA) is 60.2 Å². The Hall–Kier alpha value is -1.35. The third-order valence-electron chi connectivity index (χ3n) is 1.95. The van der Waals surface area contributed by atoms with Crippen LogP contribution in [0.5, 0.6) is 0 Å². The number of hydrogen-bond acceptors (Lipinski definition) is 1. The lowest BCUT2D eigenvalue weighted by Crippen LogP contribution is -1.88. The summed E-state index contributed by atoms with van der Waals surface area (Å²) in [6, 6.07) is 8.10. The second-order valence-corrected chi connectivity index (χ2v) is 3.29. The molecule has 1 aromatic heterocycles. The largest absolute Gasteiger partial charge is 0.412 e. The standard InChI is InChI=1S/C10H12N2.H2O/c1-7(2)10-11-8-5-3-4-6-9(8)12-10;/h3-7H,1-2H3,(H,11,12);1H2. The van der Waals surface area contributed by atoms with Crippen molar-refractivity contribution >= 4 is 11.0 Å². The van der Waals surface area contributed by atoms with Crippen molar-refractivity contribution in [3.05, 3.63) is 30.1 Å². The molecule has 3 N–H and O–H groups in total. The predicted molar refractivity (Wildman–Crippen MR) is 53.8 cm³/mol. The van der Waals surface area contributed by atoms with Crippen molar-refractivity contribution < 1.29 is 5.48 Å². The second-order valence-electron chi connectivity index (χ2n) is 3.29. The third kappa shape index (κ3) is 1.70. The fourth-order valence-corrected chi connectivity index (χ4v) is 1.25. The number of fused-ring (bicyclic) bond motifs is 1. The van der Waals surface area contributed by atoms with Crippen molar-refractivity contribution in [3.63, 3.8) is 0 Å². The fraction of sp³-hybridized carbons (Fsp3) is 0.300. The molecule has 0 saturated carbocycles. The molecule has 0 aliphatic heterocycles. The Morgan fingerprint density at radius 3 is 2.54 bits per heavy atom. The van der Waals surface area contributed by atoms with Gasteiger partial charge in [0.1, 0.15) is 5.82 Å². The highest BCUT2D eigenvalue weighted by Gasteiger charge is 2.04. The average Bonchev–Trinajstić information content (AvgIpc) is 2.46. The van der Waals surface area contributed by atoms with Gasteiger partial charge < -0.3 is 10.5 Å². The van der Waals surface area contributed by atoms with E-state index in [-0.39, 0.29) is 5.48 Å². The van der Waals surface area contributed by atoms with E-state index < -0.39 is 0 Å². The predicted octanol–water partition coefficient (Wildman–Crippen LogP) is 1.86. The highest BCUT2D eigenvalue weighted by atomic mass is 16.0. The van der Waals surface area contributed by atoms with E-state index in [9.17, 15) is 0 Å². The zero-order valence-corrected chi connectivity index (χ0v) is 7.83. The number of rotatable bonds is 1. The molecule has 1 aromatic carbocycles. The van der Waals surface area contributed by atoms with Crippen molar-refractivity contribution in [1.29, 1.82) is 0 Å². The van der Waals surface area contributed by atoms with Gasteiger partial charge in [0, 0.05) is 5.92 Å². The highest BCUT2D eigenvalue weighted by molar-refractivity contribution is 5.74. The summed E-state index contributed by atoms with van der Waals surface area (Å²) in [6.07, 6.45) is 0. The first-order valence-corrected chi connectivity index (χ1v) is 4.22. The Kier molecular flexibility index (Phi) is 2.68. The normalized spacial score (nSPS) is 10.4. The summed E-state index contributed by atoms with van der Waals surface area (Å²) in [7, 11) is 0. The van der Waals surface area contributed by atoms with E-state index in [2.05, 4.69) is 23.8 Å². The molecular formula is C10H14N2O. The van der Waals surface area contributed by atoms with Crippen molar-refractivity contribution in [3.8, 4) is 0 Å². The zero-order valence-electron chi connectivity index (χ0n) is 7.83. The lowest BCUT2D eigenvalue weighted by Gasteiger charge is -1.95. The molecule has 2 aromatic rings. The SMILES string of the molecule is CC(C)c1nc2ccccc2[nH]1.O. The molecule has 0 fully saturated rings. The van der Waals surface area contributed by atoms with Crippen molar-refractivity contribution in [2.75, 3.05) is 0 Å². The summed E-state index contributed by atoms with van der Waals surface area (Å²) >= 11 is 0. The summed E-state index contributed by atoms with van der Waals surface area (Å²) in [6.45, 7) is 4.27. The number of hydrogen-bond donors (Lipinski definition) is 1. The van der Waals surface area contributed by atoms with E-state index >= 15 is 0 Å². The number of H-pyrrole nitrogens is 1. The smallest absolute Gasteiger partial charge is 0.109 e. The molecule has 0 amide bonds. The molecule has 3 heteroatoms. The molecule has 0 unspecified atom stereocenters. The molecule has 0 spiro atoms. The summed E-state index contributed by atoms with van der Waals surface area (Å²) in [5.41, 5.74) is 2.18. The van der Waals surface area contributed by atoms with Gasteiger partial charge in [0.2, 0.25) is 0 Å². The Bertz CT molecular complexity index is 359. The Morgan fingerprint density at radius 1 is 1.23 bits per heavy atom. The second kappa shape index (κ2) is 3.58. The maximum Gasteiger partial charge on any atom is 0.109 e. The van der Waals surface area contributed by atoms with Gasteiger partial charge in [-0.05, 0) is 12.1 Å². The first-order valence-electron chi connectivity index (χ1n) is 4.22. The van der Waals surface area contributed by atoms with Crippen LogP contribution in [0, 0.1) is 0 Å². The molecule has 1 heterocycles. The lowest BCUT2D eigenvalue weighted by atomic mass is 10.2. The Morgan fingerprint density at radius 2 is 1.92 bits per heavy atom. The summed E-state index contributed by atoms with van der Waals surface area (Å²) in [5, 5.41) is 0. The van der Waals surface area contributed by atoms with Crippen LogP contribution in [-0.2, 0) is 0 Å². The quantitative estimate of drug-likeness (QED) is 0.711. The maximum atomic E-state index is 4.46. The Balaban J connectivity index is 0.000000845. The van der Waals surface area contributed by atoms with Gasteiger partial charge in [0.05, 0.1) is 11.0 Å². The van der Waals surface area contributed by atoms with Gasteiger partial charge in [-0.3, -0.25) is 0 Å². The van der Waals surface area contributed by atoms with Gasteiger partial charge in [-0.1, -0.05) is 26.0 Å². The number of aromatic amines is 1. The molecule has 0 atom stereocenters. The van der Waals surface area contributed by atoms with E-state index in [4.69, 9.17) is 0 Å². The first kappa shape index (κ1) is 9.74. The van der Waals surface area contributed by atoms with Gasteiger partial charge in [0.15, 0.2) is 0 Å². The van der Waals surface area contributed by atoms with E-state index in [1.54, 1.807) is 0 Å². The fourth-order valence-electron chi connectivity index (χ4n) is 1.25. The van der Waals surface area contributed by atoms with Crippen LogP contribution in [0.25, 0.3) is 11.0 Å². The molecule has 0 aliphatic carbocycles. The van der Waals surface area contributed by atoms with Gasteiger partial charge in [0.25, 0.3) is 0 Å². The number of benzene rings is 1. The first-order chi connectivity index (χ1) is 5.77. The van der Waals surface area contributed by atoms with Crippen LogP contribution in [-0.4, -0.2) is 15.4 Å². The molecule has 70 valence electrons. The van der Waals surface area contributed by atoms with E-state index in [0.717, 1.165) is 16.9 Å². The molecule has 0 radical (unpaired) electrons. The number of nitrogens with zero attached hydrogens (tertiary/aromatic N) is 1. The van der Waals surface area contributed by atoms with Crippen LogP contribution >= 0.6 is 0 Å².